The number of likely N-dealkylation sites (tertiary alicyclic amines) is 2. The van der Waals surface area contributed by atoms with Gasteiger partial charge in [0.05, 0.1) is 12.1 Å². The van der Waals surface area contributed by atoms with E-state index in [1.54, 1.807) is 23.1 Å². The van der Waals surface area contributed by atoms with Crippen molar-refractivity contribution in [2.24, 2.45) is 13.0 Å². The van der Waals surface area contributed by atoms with Crippen LogP contribution in [0.5, 0.6) is 0 Å². The Balaban J connectivity index is 1.31. The van der Waals surface area contributed by atoms with E-state index in [0.717, 1.165) is 44.6 Å². The second kappa shape index (κ2) is 7.40. The molecule has 0 bridgehead atoms. The fourth-order valence-electron chi connectivity index (χ4n) is 4.30. The molecule has 144 valence electrons. The van der Waals surface area contributed by atoms with E-state index in [4.69, 9.17) is 4.74 Å². The van der Waals surface area contributed by atoms with Crippen molar-refractivity contribution < 1.29 is 9.53 Å². The molecule has 2 saturated heterocycles. The maximum atomic E-state index is 12.7. The van der Waals surface area contributed by atoms with Gasteiger partial charge in [0.25, 0.3) is 5.91 Å². The molecule has 1 spiro atoms. The summed E-state index contributed by atoms with van der Waals surface area (Å²) in [5.41, 5.74) is 1.85. The summed E-state index contributed by atoms with van der Waals surface area (Å²) in [6.45, 7) is 3.99. The zero-order valence-corrected chi connectivity index (χ0v) is 16.0. The summed E-state index contributed by atoms with van der Waals surface area (Å²) in [6.07, 6.45) is 7.52. The lowest BCUT2D eigenvalue weighted by Gasteiger charge is -2.58. The van der Waals surface area contributed by atoms with Crippen molar-refractivity contribution in [2.75, 3.05) is 33.3 Å². The molecule has 4 rings (SSSR count). The van der Waals surface area contributed by atoms with Gasteiger partial charge >= 0.3 is 0 Å². The highest BCUT2D eigenvalue weighted by Crippen LogP contribution is 2.38. The van der Waals surface area contributed by atoms with Crippen molar-refractivity contribution in [1.82, 2.24) is 24.6 Å². The molecule has 2 aliphatic heterocycles. The molecule has 4 heterocycles. The summed E-state index contributed by atoms with van der Waals surface area (Å²) >= 11 is 0. The number of likely N-dealkylation sites (N-methyl/N-ethyl adjacent to an activating group) is 1. The maximum absolute atomic E-state index is 12.7. The summed E-state index contributed by atoms with van der Waals surface area (Å²) in [7, 11) is 3.99. The van der Waals surface area contributed by atoms with Crippen molar-refractivity contribution in [3.05, 3.63) is 48.0 Å². The van der Waals surface area contributed by atoms with Gasteiger partial charge in [-0.25, -0.2) is 0 Å². The third-order valence-corrected chi connectivity index (χ3v) is 5.99. The molecule has 27 heavy (non-hydrogen) atoms. The molecular weight excluding hydrogens is 342 g/mol. The van der Waals surface area contributed by atoms with Gasteiger partial charge in [0.1, 0.15) is 5.69 Å². The monoisotopic (exact) mass is 369 g/mol. The quantitative estimate of drug-likeness (QED) is 0.801. The highest BCUT2D eigenvalue weighted by atomic mass is 16.5. The summed E-state index contributed by atoms with van der Waals surface area (Å²) in [5, 5.41) is 4.11. The first-order chi connectivity index (χ1) is 13.1. The highest BCUT2D eigenvalue weighted by molar-refractivity contribution is 5.93. The van der Waals surface area contributed by atoms with Crippen LogP contribution in [-0.2, 0) is 18.4 Å². The average Bonchev–Trinajstić information content (AvgIpc) is 3.07. The van der Waals surface area contributed by atoms with E-state index >= 15 is 0 Å². The van der Waals surface area contributed by atoms with Crippen LogP contribution in [0.2, 0.25) is 0 Å². The van der Waals surface area contributed by atoms with E-state index in [0.29, 0.717) is 18.2 Å². The van der Waals surface area contributed by atoms with Crippen LogP contribution in [0.15, 0.2) is 36.8 Å². The third kappa shape index (κ3) is 3.61. The normalized spacial score (nSPS) is 22.0. The molecule has 0 aromatic carbocycles. The lowest BCUT2D eigenvalue weighted by molar-refractivity contribution is -0.0770. The Morgan fingerprint density at radius 3 is 2.85 bits per heavy atom. The van der Waals surface area contributed by atoms with Crippen molar-refractivity contribution in [1.29, 1.82) is 0 Å². The van der Waals surface area contributed by atoms with Crippen molar-refractivity contribution >= 4 is 5.91 Å². The van der Waals surface area contributed by atoms with Crippen molar-refractivity contribution in [2.45, 2.75) is 25.0 Å². The number of piperidine rings is 1. The maximum Gasteiger partial charge on any atom is 0.272 e. The molecule has 0 radical (unpaired) electrons. The summed E-state index contributed by atoms with van der Waals surface area (Å²) in [4.78, 5) is 21.2. The fraction of sp³-hybridized carbons (Fsp3) is 0.550. The molecule has 2 aromatic heterocycles. The van der Waals surface area contributed by atoms with Gasteiger partial charge in [0.15, 0.2) is 0 Å². The molecule has 0 aliphatic carbocycles. The van der Waals surface area contributed by atoms with Gasteiger partial charge in [-0.3, -0.25) is 19.4 Å². The van der Waals surface area contributed by atoms with E-state index in [2.05, 4.69) is 22.0 Å². The zero-order chi connectivity index (χ0) is 18.9. The number of amides is 1. The van der Waals surface area contributed by atoms with E-state index in [1.165, 1.54) is 0 Å². The number of hydrogen-bond acceptors (Lipinski definition) is 5. The van der Waals surface area contributed by atoms with E-state index in [9.17, 15) is 4.79 Å². The minimum absolute atomic E-state index is 0.0731. The Kier molecular flexibility index (Phi) is 4.97. The van der Waals surface area contributed by atoms with Crippen LogP contribution in [0, 0.1) is 5.92 Å². The molecule has 2 aromatic rings. The number of hydrogen-bond donors (Lipinski definition) is 0. The van der Waals surface area contributed by atoms with Gasteiger partial charge in [0.2, 0.25) is 0 Å². The zero-order valence-electron chi connectivity index (χ0n) is 16.0. The molecule has 0 saturated carbocycles. The van der Waals surface area contributed by atoms with Gasteiger partial charge < -0.3 is 9.64 Å². The van der Waals surface area contributed by atoms with E-state index < -0.39 is 0 Å². The number of aromatic nitrogens is 3. The molecule has 1 amide bonds. The number of carbonyl (C=O) groups excluding carboxylic acids is 1. The predicted octanol–water partition coefficient (Wildman–Crippen LogP) is 1.57. The summed E-state index contributed by atoms with van der Waals surface area (Å²) in [5.74, 6) is 0.607. The Morgan fingerprint density at radius 1 is 1.30 bits per heavy atom. The number of carbonyl (C=O) groups is 1. The number of pyridine rings is 1. The predicted molar refractivity (Wildman–Crippen MR) is 101 cm³/mol. The molecule has 2 fully saturated rings. The summed E-state index contributed by atoms with van der Waals surface area (Å²) < 4.78 is 7.60. The highest BCUT2D eigenvalue weighted by Gasteiger charge is 2.51. The van der Waals surface area contributed by atoms with Crippen LogP contribution in [0.25, 0.3) is 0 Å². The van der Waals surface area contributed by atoms with Crippen LogP contribution in [0.4, 0.5) is 0 Å². The van der Waals surface area contributed by atoms with Crippen LogP contribution >= 0.6 is 0 Å². The number of ether oxygens (including phenoxy) is 1. The average molecular weight is 369 g/mol. The standard InChI is InChI=1S/C20H27N5O2/c1-23-9-6-16(12-27-13-17-4-3-7-21-11-17)10-20(23)14-25(15-20)19(26)18-5-8-22-24(18)2/h3-5,7-8,11,16H,6,9-10,12-15H2,1-2H3. The van der Waals surface area contributed by atoms with Gasteiger partial charge in [-0.15, -0.1) is 0 Å². The molecule has 7 heteroatoms. The van der Waals surface area contributed by atoms with Crippen LogP contribution < -0.4 is 0 Å². The van der Waals surface area contributed by atoms with Gasteiger partial charge in [-0.2, -0.15) is 5.10 Å². The van der Waals surface area contributed by atoms with Crippen LogP contribution in [0.1, 0.15) is 28.9 Å². The SMILES string of the molecule is CN1CCC(COCc2cccnc2)CC12CN(C(=O)c1ccnn1C)C2. The molecule has 7 nitrogen and oxygen atoms in total. The first-order valence-corrected chi connectivity index (χ1v) is 9.52. The smallest absolute Gasteiger partial charge is 0.272 e. The topological polar surface area (TPSA) is 63.5 Å². The molecule has 1 atom stereocenters. The van der Waals surface area contributed by atoms with E-state index in [1.807, 2.05) is 30.3 Å². The largest absolute Gasteiger partial charge is 0.376 e. The third-order valence-electron chi connectivity index (χ3n) is 5.99. The van der Waals surface area contributed by atoms with E-state index in [-0.39, 0.29) is 11.4 Å². The van der Waals surface area contributed by atoms with Gasteiger partial charge in [-0.05, 0) is 50.0 Å². The lowest BCUT2D eigenvalue weighted by atomic mass is 9.75. The molecular formula is C20H27N5O2. The number of nitrogens with zero attached hydrogens (tertiary/aromatic N) is 5. The molecule has 0 N–H and O–H groups in total. The van der Waals surface area contributed by atoms with Gasteiger partial charge in [-0.1, -0.05) is 6.07 Å². The Labute approximate surface area is 159 Å². The Morgan fingerprint density at radius 2 is 2.15 bits per heavy atom. The van der Waals surface area contributed by atoms with Crippen molar-refractivity contribution in [3.8, 4) is 0 Å². The molecule has 1 unspecified atom stereocenters. The van der Waals surface area contributed by atoms with Crippen LogP contribution in [-0.4, -0.2) is 69.3 Å². The minimum Gasteiger partial charge on any atom is -0.376 e. The molecule has 2 aliphatic rings. The second-order valence-corrected chi connectivity index (χ2v) is 7.88. The van der Waals surface area contributed by atoms with Gasteiger partial charge in [0, 0.05) is 45.3 Å². The Bertz CT molecular complexity index is 785. The first kappa shape index (κ1) is 18.1. The second-order valence-electron chi connectivity index (χ2n) is 7.88. The Hall–Kier alpha value is -2.25. The number of aryl methyl sites for hydroxylation is 1. The van der Waals surface area contributed by atoms with Crippen LogP contribution in [0.3, 0.4) is 0 Å². The lowest BCUT2D eigenvalue weighted by Crippen LogP contribution is -2.72. The fourth-order valence-corrected chi connectivity index (χ4v) is 4.30. The first-order valence-electron chi connectivity index (χ1n) is 9.52. The number of rotatable bonds is 5. The minimum atomic E-state index is 0.0731. The summed E-state index contributed by atoms with van der Waals surface area (Å²) in [6, 6.07) is 5.76. The van der Waals surface area contributed by atoms with Crippen molar-refractivity contribution in [3.63, 3.8) is 0 Å².